The fraction of sp³-hybridized carbons (Fsp3) is 0.0182. The Morgan fingerprint density at radius 1 is 0.362 bits per heavy atom. The van der Waals surface area contributed by atoms with Crippen LogP contribution in [0.15, 0.2) is 218 Å². The number of rotatable bonds is 6. The van der Waals surface area contributed by atoms with Gasteiger partial charge in [0.2, 0.25) is 0 Å². The third-order valence-corrected chi connectivity index (χ3v) is 13.4. The third kappa shape index (κ3) is 4.78. The molecule has 0 N–H and O–H groups in total. The molecule has 0 saturated carbocycles. The highest BCUT2D eigenvalue weighted by Gasteiger charge is 2.45. The smallest absolute Gasteiger partial charge is 0.0713 e. The minimum absolute atomic E-state index is 0.452. The lowest BCUT2D eigenvalue weighted by Crippen LogP contribution is -2.28. The molecule has 0 fully saturated rings. The molecule has 2 aromatic heterocycles. The van der Waals surface area contributed by atoms with Crippen molar-refractivity contribution in [3.8, 4) is 16.8 Å². The first-order valence-corrected chi connectivity index (χ1v) is 20.7. The van der Waals surface area contributed by atoms with Crippen LogP contribution in [-0.4, -0.2) is 4.57 Å². The Labute approximate surface area is 341 Å². The number of hydrogen-bond donors (Lipinski definition) is 0. The van der Waals surface area contributed by atoms with Gasteiger partial charge in [-0.05, 0) is 100 Å². The van der Waals surface area contributed by atoms with Crippen molar-refractivity contribution in [1.82, 2.24) is 4.57 Å². The van der Waals surface area contributed by atoms with Gasteiger partial charge in [-0.1, -0.05) is 152 Å². The summed E-state index contributed by atoms with van der Waals surface area (Å²) in [7, 11) is 0. The first kappa shape index (κ1) is 33.0. The molecule has 0 unspecified atom stereocenters. The molecule has 11 aromatic rings. The Kier molecular flexibility index (Phi) is 7.35. The summed E-state index contributed by atoms with van der Waals surface area (Å²) in [6.45, 7) is 0. The second kappa shape index (κ2) is 12.9. The molecular weight excluding hydrogens is 721 g/mol. The minimum Gasteiger partial charge on any atom is -0.310 e. The maximum Gasteiger partial charge on any atom is 0.0713 e. The zero-order chi connectivity index (χ0) is 38.2. The molecule has 2 heterocycles. The van der Waals surface area contributed by atoms with E-state index in [0.717, 1.165) is 22.7 Å². The number of anilines is 3. The third-order valence-electron chi connectivity index (χ3n) is 12.3. The van der Waals surface area contributed by atoms with E-state index in [1.807, 2.05) is 11.3 Å². The molecular formula is C55H36N2S. The van der Waals surface area contributed by atoms with Gasteiger partial charge in [0.25, 0.3) is 0 Å². The highest BCUT2D eigenvalue weighted by Crippen LogP contribution is 2.56. The summed E-state index contributed by atoms with van der Waals surface area (Å²) in [6.07, 6.45) is 0. The maximum atomic E-state index is 2.44. The van der Waals surface area contributed by atoms with Gasteiger partial charge < -0.3 is 9.47 Å². The van der Waals surface area contributed by atoms with E-state index in [1.54, 1.807) is 0 Å². The van der Waals surface area contributed by atoms with Gasteiger partial charge in [0.05, 0.1) is 16.4 Å². The first-order valence-electron chi connectivity index (χ1n) is 19.9. The van der Waals surface area contributed by atoms with Crippen LogP contribution in [0.4, 0.5) is 17.1 Å². The van der Waals surface area contributed by atoms with E-state index in [4.69, 9.17) is 0 Å². The monoisotopic (exact) mass is 756 g/mol. The van der Waals surface area contributed by atoms with Gasteiger partial charge >= 0.3 is 0 Å². The normalized spacial score (nSPS) is 13.0. The Hall–Kier alpha value is -7.20. The Balaban J connectivity index is 1.08. The summed E-state index contributed by atoms with van der Waals surface area (Å²) in [5.41, 5.74) is 14.2. The number of para-hydroxylation sites is 2. The molecule has 9 aromatic carbocycles. The fourth-order valence-corrected chi connectivity index (χ4v) is 11.0. The van der Waals surface area contributed by atoms with Crippen molar-refractivity contribution in [2.24, 2.45) is 0 Å². The van der Waals surface area contributed by atoms with Gasteiger partial charge in [-0.25, -0.2) is 0 Å². The molecule has 1 aliphatic rings. The highest BCUT2D eigenvalue weighted by atomic mass is 32.1. The second-order valence-corrected chi connectivity index (χ2v) is 16.3. The van der Waals surface area contributed by atoms with Crippen molar-refractivity contribution in [3.05, 3.63) is 241 Å². The SMILES string of the molecule is c1ccc(-n2c3ccccc3c3cc(N(c4ccc(C5(c6ccccc6)c6ccccc6-c6ccccc65)cc4)c4ccc5c(c4)sc4ccccc45)ccc32)cc1. The quantitative estimate of drug-likeness (QED) is 0.164. The van der Waals surface area contributed by atoms with Crippen molar-refractivity contribution >= 4 is 70.4 Å². The first-order chi connectivity index (χ1) is 28.8. The van der Waals surface area contributed by atoms with Crippen molar-refractivity contribution < 1.29 is 0 Å². The summed E-state index contributed by atoms with van der Waals surface area (Å²) >= 11 is 1.86. The minimum atomic E-state index is -0.452. The van der Waals surface area contributed by atoms with Crippen molar-refractivity contribution in [1.29, 1.82) is 0 Å². The number of benzene rings is 9. The molecule has 0 amide bonds. The molecule has 0 bridgehead atoms. The van der Waals surface area contributed by atoms with Gasteiger partial charge in [0.15, 0.2) is 0 Å². The van der Waals surface area contributed by atoms with Crippen LogP contribution in [0.5, 0.6) is 0 Å². The second-order valence-electron chi connectivity index (χ2n) is 15.3. The van der Waals surface area contributed by atoms with Gasteiger partial charge in [0, 0.05) is 53.7 Å². The van der Waals surface area contributed by atoms with E-state index in [1.165, 1.54) is 75.4 Å². The lowest BCUT2D eigenvalue weighted by atomic mass is 9.68. The number of thiophene rings is 1. The molecule has 3 heteroatoms. The molecule has 12 rings (SSSR count). The number of nitrogens with zero attached hydrogens (tertiary/aromatic N) is 2. The average molecular weight is 757 g/mol. The zero-order valence-corrected chi connectivity index (χ0v) is 32.4. The van der Waals surface area contributed by atoms with E-state index in [-0.39, 0.29) is 0 Å². The van der Waals surface area contributed by atoms with Gasteiger partial charge in [-0.15, -0.1) is 11.3 Å². The predicted octanol–water partition coefficient (Wildman–Crippen LogP) is 15.0. The van der Waals surface area contributed by atoms with Crippen LogP contribution in [0.2, 0.25) is 0 Å². The van der Waals surface area contributed by atoms with Gasteiger partial charge in [-0.3, -0.25) is 0 Å². The van der Waals surface area contributed by atoms with Crippen molar-refractivity contribution in [2.75, 3.05) is 4.90 Å². The molecule has 0 atom stereocenters. The Morgan fingerprint density at radius 2 is 0.897 bits per heavy atom. The lowest BCUT2D eigenvalue weighted by molar-refractivity contribution is 0.768. The van der Waals surface area contributed by atoms with Gasteiger partial charge in [0.1, 0.15) is 0 Å². The van der Waals surface area contributed by atoms with E-state index >= 15 is 0 Å². The summed E-state index contributed by atoms with van der Waals surface area (Å²) in [4.78, 5) is 2.44. The van der Waals surface area contributed by atoms with Crippen LogP contribution >= 0.6 is 11.3 Å². The van der Waals surface area contributed by atoms with Gasteiger partial charge in [-0.2, -0.15) is 0 Å². The predicted molar refractivity (Wildman–Crippen MR) is 246 cm³/mol. The number of hydrogen-bond acceptors (Lipinski definition) is 2. The number of aromatic nitrogens is 1. The lowest BCUT2D eigenvalue weighted by Gasteiger charge is -2.34. The molecule has 0 radical (unpaired) electrons. The number of fused-ring (bicyclic) bond motifs is 9. The van der Waals surface area contributed by atoms with Crippen LogP contribution in [-0.2, 0) is 5.41 Å². The van der Waals surface area contributed by atoms with E-state index in [2.05, 4.69) is 228 Å². The molecule has 0 saturated heterocycles. The van der Waals surface area contributed by atoms with Crippen LogP contribution in [0.25, 0.3) is 58.8 Å². The van der Waals surface area contributed by atoms with Crippen LogP contribution in [0.3, 0.4) is 0 Å². The fourth-order valence-electron chi connectivity index (χ4n) is 9.83. The summed E-state index contributed by atoms with van der Waals surface area (Å²) < 4.78 is 4.98. The topological polar surface area (TPSA) is 8.17 Å². The molecule has 272 valence electrons. The Morgan fingerprint density at radius 3 is 1.66 bits per heavy atom. The summed E-state index contributed by atoms with van der Waals surface area (Å²) in [5.74, 6) is 0. The maximum absolute atomic E-state index is 2.44. The standard InChI is InChI=1S/C55H36N2S/c1-3-15-37(16-4-1)55(49-23-11-7-19-43(49)44-20-8-12-24-50(44)55)38-27-29-40(30-28-38)56(42-31-33-47-46-22-10-14-26-53(46)58-54(47)36-42)41-32-34-52-48(35-41)45-21-9-13-25-51(45)57(52)39-17-5-2-6-18-39/h1-36H. The van der Waals surface area contributed by atoms with E-state index in [9.17, 15) is 0 Å². The highest BCUT2D eigenvalue weighted by molar-refractivity contribution is 7.25. The molecule has 0 aliphatic heterocycles. The Bertz CT molecular complexity index is 3290. The van der Waals surface area contributed by atoms with Crippen LogP contribution in [0, 0.1) is 0 Å². The zero-order valence-electron chi connectivity index (χ0n) is 31.6. The molecule has 0 spiro atoms. The summed E-state index contributed by atoms with van der Waals surface area (Å²) in [5, 5.41) is 5.07. The van der Waals surface area contributed by atoms with Crippen LogP contribution in [0.1, 0.15) is 22.3 Å². The average Bonchev–Trinajstić information content (AvgIpc) is 3.93. The van der Waals surface area contributed by atoms with Crippen molar-refractivity contribution in [2.45, 2.75) is 5.41 Å². The van der Waals surface area contributed by atoms with E-state index in [0.29, 0.717) is 0 Å². The van der Waals surface area contributed by atoms with Crippen molar-refractivity contribution in [3.63, 3.8) is 0 Å². The molecule has 1 aliphatic carbocycles. The van der Waals surface area contributed by atoms with Crippen LogP contribution < -0.4 is 4.90 Å². The molecule has 2 nitrogen and oxygen atoms in total. The van der Waals surface area contributed by atoms with E-state index < -0.39 is 5.41 Å². The molecule has 58 heavy (non-hydrogen) atoms. The largest absolute Gasteiger partial charge is 0.310 e. The summed E-state index contributed by atoms with van der Waals surface area (Å²) in [6, 6.07) is 80.5.